The maximum atomic E-state index is 11.1. The molecule has 2 fully saturated rings. The van der Waals surface area contributed by atoms with Gasteiger partial charge in [-0.3, -0.25) is 0 Å². The molecule has 0 aromatic heterocycles. The van der Waals surface area contributed by atoms with Crippen LogP contribution in [0.4, 0.5) is 4.79 Å². The van der Waals surface area contributed by atoms with Crippen molar-refractivity contribution < 1.29 is 28.5 Å². The van der Waals surface area contributed by atoms with Gasteiger partial charge in [-0.05, 0) is 27.7 Å². The Morgan fingerprint density at radius 1 is 1.16 bits per heavy atom. The highest BCUT2D eigenvalue weighted by molar-refractivity contribution is 5.65. The average Bonchev–Trinajstić information content (AvgIpc) is 2.50. The zero-order valence-electron chi connectivity index (χ0n) is 11.8. The molecule has 2 aliphatic rings. The highest BCUT2D eigenvalue weighted by atomic mass is 16.8. The van der Waals surface area contributed by atoms with Crippen molar-refractivity contribution in [2.45, 2.75) is 63.7 Å². The molecular weight excluding hydrogens is 254 g/mol. The first-order valence-corrected chi connectivity index (χ1v) is 6.18. The number of hydrogen-bond acceptors (Lipinski definition) is 6. The standard InChI is InChI=1S/C12H21NO6/c1-11(2)8(15-5)6(16-10(13)14)7-9(18-11)19-12(3,4)17-7/h6-9H,1-5H3,(H2,13,14)/t6-,7+,8+,9+/m0/s1. The Morgan fingerprint density at radius 2 is 1.79 bits per heavy atom. The number of rotatable bonds is 2. The van der Waals surface area contributed by atoms with Gasteiger partial charge < -0.3 is 29.4 Å². The van der Waals surface area contributed by atoms with Crippen LogP contribution >= 0.6 is 0 Å². The molecule has 0 radical (unpaired) electrons. The predicted molar refractivity (Wildman–Crippen MR) is 64.2 cm³/mol. The van der Waals surface area contributed by atoms with Gasteiger partial charge in [-0.15, -0.1) is 0 Å². The van der Waals surface area contributed by atoms with Crippen LogP contribution in [0.15, 0.2) is 0 Å². The Morgan fingerprint density at radius 3 is 2.32 bits per heavy atom. The van der Waals surface area contributed by atoms with E-state index in [-0.39, 0.29) is 0 Å². The van der Waals surface area contributed by atoms with E-state index in [1.54, 1.807) is 13.8 Å². The molecule has 7 heteroatoms. The topological polar surface area (TPSA) is 89.2 Å². The van der Waals surface area contributed by atoms with E-state index in [1.807, 2.05) is 13.8 Å². The molecular formula is C12H21NO6. The van der Waals surface area contributed by atoms with Gasteiger partial charge in [0.2, 0.25) is 0 Å². The van der Waals surface area contributed by atoms with Crippen LogP contribution in [0.1, 0.15) is 27.7 Å². The summed E-state index contributed by atoms with van der Waals surface area (Å²) in [5, 5.41) is 0. The maximum Gasteiger partial charge on any atom is 0.404 e. The number of nitrogens with two attached hydrogens (primary N) is 1. The van der Waals surface area contributed by atoms with Crippen molar-refractivity contribution in [2.24, 2.45) is 5.73 Å². The molecule has 0 aromatic rings. The fourth-order valence-corrected chi connectivity index (χ4v) is 2.69. The highest BCUT2D eigenvalue weighted by Gasteiger charge is 2.59. The minimum atomic E-state index is -0.878. The Balaban J connectivity index is 2.29. The van der Waals surface area contributed by atoms with Gasteiger partial charge in [0.05, 0.1) is 5.60 Å². The largest absolute Gasteiger partial charge is 0.440 e. The second-order valence-corrected chi connectivity index (χ2v) is 5.75. The van der Waals surface area contributed by atoms with Crippen LogP contribution in [0, 0.1) is 0 Å². The van der Waals surface area contributed by atoms with Crippen molar-refractivity contribution >= 4 is 6.09 Å². The molecule has 0 aliphatic carbocycles. The first-order valence-electron chi connectivity index (χ1n) is 6.18. The van der Waals surface area contributed by atoms with Gasteiger partial charge in [0.15, 0.2) is 24.3 Å². The number of methoxy groups -OCH3 is 1. The third kappa shape index (κ3) is 2.69. The van der Waals surface area contributed by atoms with E-state index < -0.39 is 42.1 Å². The fourth-order valence-electron chi connectivity index (χ4n) is 2.69. The molecule has 2 heterocycles. The predicted octanol–water partition coefficient (Wildman–Crippen LogP) is 0.752. The Bertz CT molecular complexity index is 369. The number of amides is 1. The van der Waals surface area contributed by atoms with Crippen LogP contribution in [-0.2, 0) is 23.7 Å². The number of ether oxygens (including phenoxy) is 5. The van der Waals surface area contributed by atoms with E-state index in [4.69, 9.17) is 29.4 Å². The smallest absolute Gasteiger partial charge is 0.404 e. The molecule has 19 heavy (non-hydrogen) atoms. The molecule has 0 aromatic carbocycles. The second-order valence-electron chi connectivity index (χ2n) is 5.75. The summed E-state index contributed by atoms with van der Waals surface area (Å²) in [6, 6.07) is 0. The summed E-state index contributed by atoms with van der Waals surface area (Å²) >= 11 is 0. The van der Waals surface area contributed by atoms with Crippen LogP contribution in [0.2, 0.25) is 0 Å². The van der Waals surface area contributed by atoms with E-state index in [1.165, 1.54) is 7.11 Å². The fraction of sp³-hybridized carbons (Fsp3) is 0.917. The van der Waals surface area contributed by atoms with Gasteiger partial charge >= 0.3 is 6.09 Å². The number of primary amides is 1. The first-order chi connectivity index (χ1) is 8.66. The molecule has 2 saturated heterocycles. The summed E-state index contributed by atoms with van der Waals surface area (Å²) in [6.07, 6.45) is -3.25. The molecule has 2 N–H and O–H groups in total. The van der Waals surface area contributed by atoms with Crippen molar-refractivity contribution in [3.8, 4) is 0 Å². The summed E-state index contributed by atoms with van der Waals surface area (Å²) in [6.45, 7) is 7.21. The van der Waals surface area contributed by atoms with Crippen LogP contribution in [0.3, 0.4) is 0 Å². The van der Waals surface area contributed by atoms with Gasteiger partial charge in [0, 0.05) is 7.11 Å². The zero-order valence-corrected chi connectivity index (χ0v) is 11.8. The van der Waals surface area contributed by atoms with Crippen LogP contribution in [0.25, 0.3) is 0 Å². The lowest BCUT2D eigenvalue weighted by Crippen LogP contribution is -2.63. The van der Waals surface area contributed by atoms with E-state index in [0.29, 0.717) is 0 Å². The van der Waals surface area contributed by atoms with Gasteiger partial charge in [-0.1, -0.05) is 0 Å². The lowest BCUT2D eigenvalue weighted by molar-refractivity contribution is -0.286. The molecule has 110 valence electrons. The number of fused-ring (bicyclic) bond motifs is 1. The summed E-state index contributed by atoms with van der Waals surface area (Å²) < 4.78 is 27.8. The van der Waals surface area contributed by atoms with Gasteiger partial charge in [0.25, 0.3) is 0 Å². The van der Waals surface area contributed by atoms with Crippen molar-refractivity contribution in [1.82, 2.24) is 0 Å². The average molecular weight is 275 g/mol. The van der Waals surface area contributed by atoms with E-state index >= 15 is 0 Å². The van der Waals surface area contributed by atoms with E-state index in [0.717, 1.165) is 0 Å². The molecule has 7 nitrogen and oxygen atoms in total. The molecule has 1 amide bonds. The lowest BCUT2D eigenvalue weighted by atomic mass is 9.89. The minimum absolute atomic E-state index is 0.501. The normalized spacial score (nSPS) is 39.6. The summed E-state index contributed by atoms with van der Waals surface area (Å²) in [7, 11) is 1.52. The first kappa shape index (κ1) is 14.5. The van der Waals surface area contributed by atoms with Crippen molar-refractivity contribution in [3.05, 3.63) is 0 Å². The lowest BCUT2D eigenvalue weighted by Gasteiger charge is -2.45. The summed E-state index contributed by atoms with van der Waals surface area (Å²) in [5.41, 5.74) is 4.43. The second kappa shape index (κ2) is 4.59. The van der Waals surface area contributed by atoms with Crippen molar-refractivity contribution in [2.75, 3.05) is 7.11 Å². The molecule has 2 rings (SSSR count). The Hall–Kier alpha value is -0.890. The van der Waals surface area contributed by atoms with Crippen molar-refractivity contribution in [1.29, 1.82) is 0 Å². The highest BCUT2D eigenvalue weighted by Crippen LogP contribution is 2.41. The third-order valence-corrected chi connectivity index (χ3v) is 3.32. The van der Waals surface area contributed by atoms with Gasteiger partial charge in [0.1, 0.15) is 6.10 Å². The van der Waals surface area contributed by atoms with Gasteiger partial charge in [-0.2, -0.15) is 0 Å². The Labute approximate surface area is 112 Å². The molecule has 4 atom stereocenters. The molecule has 0 unspecified atom stereocenters. The molecule has 2 aliphatic heterocycles. The van der Waals surface area contributed by atoms with E-state index in [2.05, 4.69) is 0 Å². The summed E-state index contributed by atoms with van der Waals surface area (Å²) in [4.78, 5) is 11.1. The Kier molecular flexibility index (Phi) is 3.51. The maximum absolute atomic E-state index is 11.1. The van der Waals surface area contributed by atoms with Crippen LogP contribution in [-0.4, -0.2) is 49.2 Å². The minimum Gasteiger partial charge on any atom is -0.440 e. The SMILES string of the molecule is CO[C@@H]1[C@@H](OC(N)=O)[C@H]2OC(C)(C)O[C@H]2OC1(C)C. The number of carbonyl (C=O) groups is 1. The summed E-state index contributed by atoms with van der Waals surface area (Å²) in [5.74, 6) is -0.812. The van der Waals surface area contributed by atoms with E-state index in [9.17, 15) is 4.79 Å². The van der Waals surface area contributed by atoms with Crippen LogP contribution in [0.5, 0.6) is 0 Å². The molecule has 0 bridgehead atoms. The third-order valence-electron chi connectivity index (χ3n) is 3.32. The van der Waals surface area contributed by atoms with Gasteiger partial charge in [-0.25, -0.2) is 4.79 Å². The number of hydrogen-bond donors (Lipinski definition) is 1. The van der Waals surface area contributed by atoms with Crippen LogP contribution < -0.4 is 5.73 Å². The monoisotopic (exact) mass is 275 g/mol. The zero-order chi connectivity index (χ0) is 14.4. The van der Waals surface area contributed by atoms with Crippen molar-refractivity contribution in [3.63, 3.8) is 0 Å². The molecule has 0 saturated carbocycles. The number of carbonyl (C=O) groups excluding carboxylic acids is 1. The quantitative estimate of drug-likeness (QED) is 0.800. The molecule has 0 spiro atoms.